The lowest BCUT2D eigenvalue weighted by Gasteiger charge is -2.07. The molecule has 0 bridgehead atoms. The first-order valence-electron chi connectivity index (χ1n) is 8.23. The van der Waals surface area contributed by atoms with Gasteiger partial charge in [-0.15, -0.1) is 11.3 Å². The summed E-state index contributed by atoms with van der Waals surface area (Å²) in [5.41, 5.74) is 5.84. The maximum absolute atomic E-state index is 4.75. The zero-order valence-electron chi connectivity index (χ0n) is 14.5. The van der Waals surface area contributed by atoms with Gasteiger partial charge < -0.3 is 5.32 Å². The van der Waals surface area contributed by atoms with Crippen LogP contribution in [-0.4, -0.2) is 19.9 Å². The predicted molar refractivity (Wildman–Crippen MR) is 106 cm³/mol. The number of aromatic nitrogens is 4. The maximum Gasteiger partial charge on any atom is 0.227 e. The van der Waals surface area contributed by atoms with E-state index in [1.807, 2.05) is 50.4 Å². The summed E-state index contributed by atoms with van der Waals surface area (Å²) < 4.78 is 0. The Kier molecular flexibility index (Phi) is 4.41. The minimum absolute atomic E-state index is 0.606. The normalized spacial score (nSPS) is 10.7. The van der Waals surface area contributed by atoms with Crippen LogP contribution < -0.4 is 5.32 Å². The van der Waals surface area contributed by atoms with Crippen LogP contribution in [0.15, 0.2) is 60.2 Å². The summed E-state index contributed by atoms with van der Waals surface area (Å²) in [7, 11) is 0. The monoisotopic (exact) mass is 359 g/mol. The van der Waals surface area contributed by atoms with Gasteiger partial charge in [0, 0.05) is 46.0 Å². The number of pyridine rings is 1. The lowest BCUT2D eigenvalue weighted by Crippen LogP contribution is -2.00. The van der Waals surface area contributed by atoms with Crippen molar-refractivity contribution in [3.63, 3.8) is 0 Å². The quantitative estimate of drug-likeness (QED) is 0.554. The van der Waals surface area contributed by atoms with Gasteiger partial charge in [-0.1, -0.05) is 12.1 Å². The van der Waals surface area contributed by atoms with Gasteiger partial charge in [0.25, 0.3) is 0 Å². The molecule has 128 valence electrons. The molecule has 0 unspecified atom stereocenters. The summed E-state index contributed by atoms with van der Waals surface area (Å²) in [6.07, 6.45) is 3.60. The van der Waals surface area contributed by atoms with Crippen LogP contribution in [0.2, 0.25) is 0 Å². The van der Waals surface area contributed by atoms with E-state index in [9.17, 15) is 0 Å². The SMILES string of the molecule is Cc1cc(C)nc(Nc2cccc(-c3csc(-c4cccnc4)n3)c2)n1. The molecule has 6 heteroatoms. The molecule has 0 spiro atoms. The molecule has 0 saturated heterocycles. The van der Waals surface area contributed by atoms with Crippen molar-refractivity contribution in [1.82, 2.24) is 19.9 Å². The number of hydrogen-bond donors (Lipinski definition) is 1. The van der Waals surface area contributed by atoms with Crippen LogP contribution in [0.1, 0.15) is 11.4 Å². The number of aryl methyl sites for hydroxylation is 2. The van der Waals surface area contributed by atoms with E-state index in [-0.39, 0.29) is 0 Å². The first-order valence-corrected chi connectivity index (χ1v) is 9.11. The summed E-state index contributed by atoms with van der Waals surface area (Å²) in [5.74, 6) is 0.606. The van der Waals surface area contributed by atoms with E-state index in [1.165, 1.54) is 0 Å². The number of nitrogens with zero attached hydrogens (tertiary/aromatic N) is 4. The van der Waals surface area contributed by atoms with Crippen molar-refractivity contribution < 1.29 is 0 Å². The van der Waals surface area contributed by atoms with E-state index in [0.717, 1.165) is 38.9 Å². The summed E-state index contributed by atoms with van der Waals surface area (Å²) >= 11 is 1.62. The topological polar surface area (TPSA) is 63.6 Å². The van der Waals surface area contributed by atoms with Crippen LogP contribution in [-0.2, 0) is 0 Å². The number of benzene rings is 1. The van der Waals surface area contributed by atoms with E-state index in [1.54, 1.807) is 17.5 Å². The first kappa shape index (κ1) is 16.4. The van der Waals surface area contributed by atoms with Crippen molar-refractivity contribution in [2.75, 3.05) is 5.32 Å². The molecule has 5 nitrogen and oxygen atoms in total. The highest BCUT2D eigenvalue weighted by Crippen LogP contribution is 2.30. The minimum atomic E-state index is 0.606. The van der Waals surface area contributed by atoms with Crippen LogP contribution in [0, 0.1) is 13.8 Å². The van der Waals surface area contributed by atoms with Crippen LogP contribution in [0.4, 0.5) is 11.6 Å². The largest absolute Gasteiger partial charge is 0.324 e. The molecule has 0 aliphatic carbocycles. The second-order valence-electron chi connectivity index (χ2n) is 5.96. The van der Waals surface area contributed by atoms with Gasteiger partial charge in [-0.3, -0.25) is 4.98 Å². The number of rotatable bonds is 4. The van der Waals surface area contributed by atoms with Gasteiger partial charge in [-0.25, -0.2) is 15.0 Å². The molecule has 0 saturated carbocycles. The number of thiazole rings is 1. The highest BCUT2D eigenvalue weighted by atomic mass is 32.1. The van der Waals surface area contributed by atoms with E-state index in [2.05, 4.69) is 37.8 Å². The van der Waals surface area contributed by atoms with E-state index in [0.29, 0.717) is 5.95 Å². The van der Waals surface area contributed by atoms with Crippen molar-refractivity contribution in [3.05, 3.63) is 71.6 Å². The standard InChI is InChI=1S/C20H17N5S/c1-13-9-14(2)23-20(22-13)24-17-7-3-5-15(10-17)18-12-26-19(25-18)16-6-4-8-21-11-16/h3-12H,1-2H3,(H,22,23,24). The predicted octanol–water partition coefficient (Wildman–Crippen LogP) is 5.02. The third-order valence-corrected chi connectivity index (χ3v) is 4.70. The van der Waals surface area contributed by atoms with Crippen molar-refractivity contribution >= 4 is 23.0 Å². The maximum atomic E-state index is 4.75. The minimum Gasteiger partial charge on any atom is -0.324 e. The molecule has 4 rings (SSSR count). The number of hydrogen-bond acceptors (Lipinski definition) is 6. The van der Waals surface area contributed by atoms with Gasteiger partial charge in [-0.2, -0.15) is 0 Å². The second-order valence-corrected chi connectivity index (χ2v) is 6.82. The molecule has 0 aliphatic heterocycles. The molecule has 0 fully saturated rings. The Balaban J connectivity index is 1.61. The molecule has 1 N–H and O–H groups in total. The Morgan fingerprint density at radius 2 is 1.69 bits per heavy atom. The summed E-state index contributed by atoms with van der Waals surface area (Å²) in [6, 6.07) is 14.0. The molecule has 0 aliphatic rings. The van der Waals surface area contributed by atoms with Gasteiger partial charge in [0.15, 0.2) is 0 Å². The fourth-order valence-corrected chi connectivity index (χ4v) is 3.52. The molecule has 26 heavy (non-hydrogen) atoms. The second kappa shape index (κ2) is 7.01. The Labute approximate surface area is 155 Å². The van der Waals surface area contributed by atoms with E-state index < -0.39 is 0 Å². The molecule has 3 heterocycles. The van der Waals surface area contributed by atoms with Gasteiger partial charge in [0.1, 0.15) is 5.01 Å². The van der Waals surface area contributed by atoms with Crippen LogP contribution in [0.3, 0.4) is 0 Å². The zero-order valence-corrected chi connectivity index (χ0v) is 15.3. The fourth-order valence-electron chi connectivity index (χ4n) is 2.70. The highest BCUT2D eigenvalue weighted by Gasteiger charge is 2.08. The highest BCUT2D eigenvalue weighted by molar-refractivity contribution is 7.13. The average molecular weight is 359 g/mol. The van der Waals surface area contributed by atoms with Gasteiger partial charge in [0.05, 0.1) is 5.69 Å². The van der Waals surface area contributed by atoms with Crippen LogP contribution in [0.5, 0.6) is 0 Å². The molecule has 1 aromatic carbocycles. The van der Waals surface area contributed by atoms with Crippen molar-refractivity contribution in [3.8, 4) is 21.8 Å². The zero-order chi connectivity index (χ0) is 17.9. The molecular weight excluding hydrogens is 342 g/mol. The number of anilines is 2. The average Bonchev–Trinajstić information content (AvgIpc) is 3.12. The molecule has 4 aromatic rings. The molecule has 0 amide bonds. The van der Waals surface area contributed by atoms with Crippen molar-refractivity contribution in [2.45, 2.75) is 13.8 Å². The third-order valence-electron chi connectivity index (χ3n) is 3.81. The lowest BCUT2D eigenvalue weighted by atomic mass is 10.1. The van der Waals surface area contributed by atoms with Gasteiger partial charge in [-0.05, 0) is 44.2 Å². The first-order chi connectivity index (χ1) is 12.7. The van der Waals surface area contributed by atoms with Gasteiger partial charge >= 0.3 is 0 Å². The molecule has 3 aromatic heterocycles. The Hall–Kier alpha value is -3.12. The van der Waals surface area contributed by atoms with E-state index in [4.69, 9.17) is 4.98 Å². The van der Waals surface area contributed by atoms with Crippen LogP contribution in [0.25, 0.3) is 21.8 Å². The Morgan fingerprint density at radius 1 is 0.885 bits per heavy atom. The third kappa shape index (κ3) is 3.60. The van der Waals surface area contributed by atoms with Crippen molar-refractivity contribution in [1.29, 1.82) is 0 Å². The van der Waals surface area contributed by atoms with Crippen LogP contribution >= 0.6 is 11.3 Å². The summed E-state index contributed by atoms with van der Waals surface area (Å²) in [6.45, 7) is 3.93. The van der Waals surface area contributed by atoms with Crippen molar-refractivity contribution in [2.24, 2.45) is 0 Å². The fraction of sp³-hybridized carbons (Fsp3) is 0.100. The smallest absolute Gasteiger partial charge is 0.227 e. The summed E-state index contributed by atoms with van der Waals surface area (Å²) in [4.78, 5) is 17.8. The Morgan fingerprint density at radius 3 is 2.46 bits per heavy atom. The van der Waals surface area contributed by atoms with E-state index >= 15 is 0 Å². The Bertz CT molecular complexity index is 1020. The molecule has 0 radical (unpaired) electrons. The summed E-state index contributed by atoms with van der Waals surface area (Å²) in [5, 5.41) is 6.30. The van der Waals surface area contributed by atoms with Gasteiger partial charge in [0.2, 0.25) is 5.95 Å². The lowest BCUT2D eigenvalue weighted by molar-refractivity contribution is 1.06. The number of nitrogens with one attached hydrogen (secondary N) is 1. The molecular formula is C20H17N5S. The molecule has 0 atom stereocenters.